The molecular formula is C21H18N2O4S. The van der Waals surface area contributed by atoms with E-state index in [1.807, 2.05) is 54.6 Å². The lowest BCUT2D eigenvalue weighted by molar-refractivity contribution is -0.155. The zero-order valence-corrected chi connectivity index (χ0v) is 15.9. The minimum atomic E-state index is -0.593. The number of amides is 1. The summed E-state index contributed by atoms with van der Waals surface area (Å²) >= 11 is 1.64. The molecule has 7 heteroatoms. The van der Waals surface area contributed by atoms with Gasteiger partial charge in [-0.2, -0.15) is 0 Å². The Morgan fingerprint density at radius 3 is 2.82 bits per heavy atom. The molecule has 28 heavy (non-hydrogen) atoms. The zero-order valence-electron chi connectivity index (χ0n) is 15.0. The fourth-order valence-electron chi connectivity index (χ4n) is 4.03. The van der Waals surface area contributed by atoms with Gasteiger partial charge in [0.1, 0.15) is 16.4 Å². The summed E-state index contributed by atoms with van der Waals surface area (Å²) in [5.41, 5.74) is 2.44. The largest absolute Gasteiger partial charge is 0.454 e. The van der Waals surface area contributed by atoms with Gasteiger partial charge in [0, 0.05) is 12.2 Å². The number of benzene rings is 2. The third kappa shape index (κ3) is 2.69. The molecule has 142 valence electrons. The fourth-order valence-corrected chi connectivity index (χ4v) is 5.66. The first-order valence-corrected chi connectivity index (χ1v) is 10.2. The van der Waals surface area contributed by atoms with Crippen molar-refractivity contribution in [2.45, 2.75) is 30.4 Å². The number of para-hydroxylation sites is 2. The van der Waals surface area contributed by atoms with Crippen molar-refractivity contribution >= 4 is 34.7 Å². The maximum Gasteiger partial charge on any atom is 0.330 e. The van der Waals surface area contributed by atoms with Crippen molar-refractivity contribution < 1.29 is 18.7 Å². The lowest BCUT2D eigenvalue weighted by atomic mass is 10.0. The van der Waals surface area contributed by atoms with E-state index in [0.29, 0.717) is 30.1 Å². The second kappa shape index (κ2) is 6.67. The number of aromatic nitrogens is 1. The summed E-state index contributed by atoms with van der Waals surface area (Å²) < 4.78 is 11.1. The van der Waals surface area contributed by atoms with Crippen molar-refractivity contribution in [3.8, 4) is 0 Å². The van der Waals surface area contributed by atoms with Crippen molar-refractivity contribution in [2.75, 3.05) is 5.75 Å². The molecule has 0 bridgehead atoms. The van der Waals surface area contributed by atoms with Gasteiger partial charge in [-0.1, -0.05) is 42.5 Å². The van der Waals surface area contributed by atoms with E-state index in [9.17, 15) is 9.59 Å². The fraction of sp³-hybridized carbons (Fsp3) is 0.286. The van der Waals surface area contributed by atoms with E-state index in [2.05, 4.69) is 4.98 Å². The summed E-state index contributed by atoms with van der Waals surface area (Å²) in [4.78, 5) is 31.0. The smallest absolute Gasteiger partial charge is 0.330 e. The number of carbonyl (C=O) groups excluding carboxylic acids is 2. The van der Waals surface area contributed by atoms with Crippen LogP contribution in [-0.4, -0.2) is 33.6 Å². The van der Waals surface area contributed by atoms with Crippen LogP contribution in [0.3, 0.4) is 0 Å². The highest BCUT2D eigenvalue weighted by atomic mass is 32.2. The summed E-state index contributed by atoms with van der Waals surface area (Å²) in [7, 11) is 0. The minimum Gasteiger partial charge on any atom is -0.454 e. The van der Waals surface area contributed by atoms with Crippen LogP contribution in [-0.2, 0) is 25.8 Å². The van der Waals surface area contributed by atoms with Crippen LogP contribution >= 0.6 is 11.8 Å². The maximum atomic E-state index is 12.8. The number of fused-ring (bicyclic) bond motifs is 2. The van der Waals surface area contributed by atoms with Crippen molar-refractivity contribution in [1.29, 1.82) is 0 Å². The molecule has 0 unspecified atom stereocenters. The van der Waals surface area contributed by atoms with Gasteiger partial charge in [0.15, 0.2) is 12.2 Å². The first kappa shape index (κ1) is 17.3. The molecule has 2 fully saturated rings. The Kier molecular flexibility index (Phi) is 4.12. The third-order valence-corrected chi connectivity index (χ3v) is 6.90. The van der Waals surface area contributed by atoms with Crippen LogP contribution in [0.4, 0.5) is 0 Å². The first-order chi connectivity index (χ1) is 13.7. The molecule has 1 aromatic heterocycles. The molecule has 2 aliphatic heterocycles. The molecule has 5 rings (SSSR count). The van der Waals surface area contributed by atoms with Crippen molar-refractivity contribution in [1.82, 2.24) is 9.88 Å². The van der Waals surface area contributed by atoms with Gasteiger partial charge in [0.05, 0.1) is 0 Å². The molecular weight excluding hydrogens is 376 g/mol. The molecule has 2 aromatic carbocycles. The van der Waals surface area contributed by atoms with E-state index in [0.717, 1.165) is 11.1 Å². The summed E-state index contributed by atoms with van der Waals surface area (Å²) in [6, 6.07) is 16.7. The SMILES string of the molecule is O=C(OCc1nc2ccccc2o1)[C@@H]1CS[C@@]2(c3ccccc3)CCC(=O)N12. The normalized spacial score (nSPS) is 23.9. The van der Waals surface area contributed by atoms with Gasteiger partial charge in [0.25, 0.3) is 0 Å². The van der Waals surface area contributed by atoms with Crippen LogP contribution in [0.25, 0.3) is 11.1 Å². The molecule has 3 heterocycles. The van der Waals surface area contributed by atoms with E-state index in [4.69, 9.17) is 9.15 Å². The maximum absolute atomic E-state index is 12.8. The standard InChI is InChI=1S/C21H18N2O4S/c24-19-10-11-21(14-6-2-1-3-7-14)23(19)16(13-28-21)20(25)26-12-18-22-15-8-4-5-9-17(15)27-18/h1-9,16H,10-13H2/t16-,21+/m0/s1. The average molecular weight is 394 g/mol. The van der Waals surface area contributed by atoms with Gasteiger partial charge >= 0.3 is 5.97 Å². The van der Waals surface area contributed by atoms with Crippen LogP contribution in [0.2, 0.25) is 0 Å². The number of thioether (sulfide) groups is 1. The van der Waals surface area contributed by atoms with Gasteiger partial charge < -0.3 is 14.1 Å². The Balaban J connectivity index is 1.34. The van der Waals surface area contributed by atoms with Crippen LogP contribution in [0.5, 0.6) is 0 Å². The van der Waals surface area contributed by atoms with Crippen molar-refractivity contribution in [3.05, 3.63) is 66.1 Å². The lowest BCUT2D eigenvalue weighted by Crippen LogP contribution is -2.46. The number of oxazole rings is 1. The Labute approximate surface area is 165 Å². The molecule has 0 N–H and O–H groups in total. The van der Waals surface area contributed by atoms with E-state index >= 15 is 0 Å². The Morgan fingerprint density at radius 2 is 2.00 bits per heavy atom. The van der Waals surface area contributed by atoms with Crippen molar-refractivity contribution in [3.63, 3.8) is 0 Å². The monoisotopic (exact) mass is 394 g/mol. The molecule has 0 saturated carbocycles. The minimum absolute atomic E-state index is 0.00216. The molecule has 0 aliphatic carbocycles. The van der Waals surface area contributed by atoms with Gasteiger partial charge in [0.2, 0.25) is 11.8 Å². The van der Waals surface area contributed by atoms with E-state index in [1.165, 1.54) is 0 Å². The summed E-state index contributed by atoms with van der Waals surface area (Å²) in [6.45, 7) is -0.0466. The quantitative estimate of drug-likeness (QED) is 0.631. The highest BCUT2D eigenvalue weighted by Crippen LogP contribution is 2.54. The highest BCUT2D eigenvalue weighted by Gasteiger charge is 2.57. The number of rotatable bonds is 4. The number of ether oxygens (including phenoxy) is 1. The van der Waals surface area contributed by atoms with E-state index in [-0.39, 0.29) is 12.5 Å². The number of carbonyl (C=O) groups is 2. The predicted octanol–water partition coefficient (Wildman–Crippen LogP) is 3.46. The molecule has 2 atom stereocenters. The molecule has 3 aromatic rings. The Hall–Kier alpha value is -2.80. The van der Waals surface area contributed by atoms with Gasteiger partial charge in [-0.15, -0.1) is 11.8 Å². The Bertz CT molecular complexity index is 1020. The van der Waals surface area contributed by atoms with E-state index in [1.54, 1.807) is 16.7 Å². The highest BCUT2D eigenvalue weighted by molar-refractivity contribution is 8.00. The predicted molar refractivity (Wildman–Crippen MR) is 104 cm³/mol. The zero-order chi connectivity index (χ0) is 19.1. The molecule has 2 saturated heterocycles. The second-order valence-electron chi connectivity index (χ2n) is 6.92. The molecule has 0 spiro atoms. The molecule has 1 amide bonds. The first-order valence-electron chi connectivity index (χ1n) is 9.20. The Morgan fingerprint density at radius 1 is 1.21 bits per heavy atom. The lowest BCUT2D eigenvalue weighted by Gasteiger charge is -2.33. The van der Waals surface area contributed by atoms with Crippen LogP contribution in [0, 0.1) is 0 Å². The second-order valence-corrected chi connectivity index (χ2v) is 8.22. The van der Waals surface area contributed by atoms with Gasteiger partial charge in [-0.3, -0.25) is 4.79 Å². The number of hydrogen-bond acceptors (Lipinski definition) is 6. The van der Waals surface area contributed by atoms with Gasteiger partial charge in [-0.05, 0) is 24.1 Å². The number of esters is 1. The summed E-state index contributed by atoms with van der Waals surface area (Å²) in [5, 5.41) is 0. The van der Waals surface area contributed by atoms with Crippen LogP contribution in [0.1, 0.15) is 24.3 Å². The summed E-state index contributed by atoms with van der Waals surface area (Å²) in [5.74, 6) is 0.454. The van der Waals surface area contributed by atoms with Crippen LogP contribution in [0.15, 0.2) is 59.0 Å². The number of nitrogens with zero attached hydrogens (tertiary/aromatic N) is 2. The average Bonchev–Trinajstić information content (AvgIpc) is 3.40. The van der Waals surface area contributed by atoms with E-state index < -0.39 is 16.9 Å². The molecule has 2 aliphatic rings. The molecule has 6 nitrogen and oxygen atoms in total. The van der Waals surface area contributed by atoms with Crippen LogP contribution < -0.4 is 0 Å². The third-order valence-electron chi connectivity index (χ3n) is 5.30. The number of hydrogen-bond donors (Lipinski definition) is 0. The van der Waals surface area contributed by atoms with Crippen molar-refractivity contribution in [2.24, 2.45) is 0 Å². The van der Waals surface area contributed by atoms with Gasteiger partial charge in [-0.25, -0.2) is 9.78 Å². The molecule has 0 radical (unpaired) electrons. The topological polar surface area (TPSA) is 72.6 Å². The summed E-state index contributed by atoms with van der Waals surface area (Å²) in [6.07, 6.45) is 1.15.